The highest BCUT2D eigenvalue weighted by Gasteiger charge is 2.32. The van der Waals surface area contributed by atoms with E-state index in [1.165, 1.54) is 6.07 Å². The van der Waals surface area contributed by atoms with E-state index in [-0.39, 0.29) is 30.6 Å². The van der Waals surface area contributed by atoms with E-state index in [1.54, 1.807) is 28.0 Å². The minimum absolute atomic E-state index is 0.0445. The molecule has 0 spiro atoms. The highest BCUT2D eigenvalue weighted by Crippen LogP contribution is 2.14. The third-order valence-electron chi connectivity index (χ3n) is 4.44. The van der Waals surface area contributed by atoms with Gasteiger partial charge >= 0.3 is 0 Å². The first kappa shape index (κ1) is 16.9. The molecule has 3 rings (SSSR count). The van der Waals surface area contributed by atoms with E-state index >= 15 is 0 Å². The molecule has 0 radical (unpaired) electrons. The average molecular weight is 335 g/mol. The normalized spacial score (nSPS) is 21.9. The standard InChI is InChI=1S/C17H22FN3O3/c18-14-4-2-1-3-13(14)12-21-6-5-19-15(17(21)23)11-16(22)20-7-9-24-10-8-20/h1-4,15,19H,5-12H2. The topological polar surface area (TPSA) is 61.9 Å². The van der Waals surface area contributed by atoms with Crippen LogP contribution in [0.25, 0.3) is 0 Å². The van der Waals surface area contributed by atoms with Gasteiger partial charge in [0.2, 0.25) is 11.8 Å². The van der Waals surface area contributed by atoms with Gasteiger partial charge in [0.15, 0.2) is 0 Å². The maximum atomic E-state index is 13.8. The van der Waals surface area contributed by atoms with Gasteiger partial charge in [-0.2, -0.15) is 0 Å². The maximum Gasteiger partial charge on any atom is 0.240 e. The lowest BCUT2D eigenvalue weighted by atomic mass is 10.1. The number of benzene rings is 1. The van der Waals surface area contributed by atoms with Crippen LogP contribution in [0.3, 0.4) is 0 Å². The summed E-state index contributed by atoms with van der Waals surface area (Å²) >= 11 is 0. The summed E-state index contributed by atoms with van der Waals surface area (Å²) in [4.78, 5) is 28.3. The zero-order valence-electron chi connectivity index (χ0n) is 13.5. The molecule has 7 heteroatoms. The van der Waals surface area contributed by atoms with E-state index < -0.39 is 6.04 Å². The van der Waals surface area contributed by atoms with Gasteiger partial charge in [0, 0.05) is 38.3 Å². The monoisotopic (exact) mass is 335 g/mol. The van der Waals surface area contributed by atoms with Crippen molar-refractivity contribution >= 4 is 11.8 Å². The van der Waals surface area contributed by atoms with E-state index in [0.717, 1.165) is 0 Å². The minimum atomic E-state index is -0.541. The molecule has 1 N–H and O–H groups in total. The number of ether oxygens (including phenoxy) is 1. The third kappa shape index (κ3) is 3.91. The first-order valence-electron chi connectivity index (χ1n) is 8.26. The highest BCUT2D eigenvalue weighted by molar-refractivity contribution is 5.89. The molecule has 1 atom stereocenters. The Kier molecular flexibility index (Phi) is 5.42. The number of nitrogens with zero attached hydrogens (tertiary/aromatic N) is 2. The summed E-state index contributed by atoms with van der Waals surface area (Å²) < 4.78 is 19.0. The van der Waals surface area contributed by atoms with E-state index in [0.29, 0.717) is 45.0 Å². The third-order valence-corrected chi connectivity index (χ3v) is 4.44. The summed E-state index contributed by atoms with van der Waals surface area (Å²) in [6, 6.07) is 5.91. The Morgan fingerprint density at radius 3 is 2.75 bits per heavy atom. The van der Waals surface area contributed by atoms with Gasteiger partial charge in [-0.15, -0.1) is 0 Å². The van der Waals surface area contributed by atoms with Crippen LogP contribution in [0.5, 0.6) is 0 Å². The highest BCUT2D eigenvalue weighted by atomic mass is 19.1. The SMILES string of the molecule is O=C(CC1NCCN(Cc2ccccc2F)C1=O)N1CCOCC1. The number of carbonyl (C=O) groups is 2. The number of rotatable bonds is 4. The van der Waals surface area contributed by atoms with Crippen LogP contribution in [0.2, 0.25) is 0 Å². The average Bonchev–Trinajstić information content (AvgIpc) is 2.61. The van der Waals surface area contributed by atoms with Crippen molar-refractivity contribution in [1.29, 1.82) is 0 Å². The van der Waals surface area contributed by atoms with Crippen molar-refractivity contribution in [3.63, 3.8) is 0 Å². The molecule has 2 amide bonds. The van der Waals surface area contributed by atoms with Crippen LogP contribution in [-0.4, -0.2) is 67.0 Å². The molecule has 1 aromatic rings. The van der Waals surface area contributed by atoms with Crippen LogP contribution in [0.4, 0.5) is 4.39 Å². The Morgan fingerprint density at radius 1 is 1.25 bits per heavy atom. The number of carbonyl (C=O) groups excluding carboxylic acids is 2. The van der Waals surface area contributed by atoms with Crippen LogP contribution in [0, 0.1) is 5.82 Å². The molecular weight excluding hydrogens is 313 g/mol. The number of piperazine rings is 1. The van der Waals surface area contributed by atoms with Crippen LogP contribution in [-0.2, 0) is 20.9 Å². The second-order valence-electron chi connectivity index (χ2n) is 6.06. The zero-order chi connectivity index (χ0) is 16.9. The van der Waals surface area contributed by atoms with Gasteiger partial charge in [0.1, 0.15) is 5.82 Å². The zero-order valence-corrected chi connectivity index (χ0v) is 13.5. The molecule has 1 unspecified atom stereocenters. The second kappa shape index (κ2) is 7.72. The minimum Gasteiger partial charge on any atom is -0.378 e. The molecule has 24 heavy (non-hydrogen) atoms. The molecule has 1 aromatic carbocycles. The van der Waals surface area contributed by atoms with Crippen molar-refractivity contribution < 1.29 is 18.7 Å². The summed E-state index contributed by atoms with van der Waals surface area (Å²) in [5.41, 5.74) is 0.492. The molecule has 6 nitrogen and oxygen atoms in total. The smallest absolute Gasteiger partial charge is 0.240 e. The largest absolute Gasteiger partial charge is 0.378 e. The predicted octanol–water partition coefficient (Wildman–Crippen LogP) is 0.375. The molecule has 2 fully saturated rings. The van der Waals surface area contributed by atoms with Crippen molar-refractivity contribution in [3.05, 3.63) is 35.6 Å². The fourth-order valence-corrected chi connectivity index (χ4v) is 3.06. The van der Waals surface area contributed by atoms with Gasteiger partial charge in [-0.05, 0) is 6.07 Å². The van der Waals surface area contributed by atoms with Gasteiger partial charge < -0.3 is 19.9 Å². The van der Waals surface area contributed by atoms with Crippen molar-refractivity contribution in [2.24, 2.45) is 0 Å². The van der Waals surface area contributed by atoms with Gasteiger partial charge in [-0.25, -0.2) is 4.39 Å². The Hall–Kier alpha value is -1.99. The molecule has 0 aliphatic carbocycles. The quantitative estimate of drug-likeness (QED) is 0.864. The van der Waals surface area contributed by atoms with Crippen LogP contribution < -0.4 is 5.32 Å². The number of hydrogen-bond donors (Lipinski definition) is 1. The van der Waals surface area contributed by atoms with E-state index in [9.17, 15) is 14.0 Å². The van der Waals surface area contributed by atoms with Crippen LogP contribution >= 0.6 is 0 Å². The Labute approximate surface area is 140 Å². The molecule has 2 saturated heterocycles. The van der Waals surface area contributed by atoms with Crippen molar-refractivity contribution in [1.82, 2.24) is 15.1 Å². The van der Waals surface area contributed by atoms with Crippen LogP contribution in [0.1, 0.15) is 12.0 Å². The van der Waals surface area contributed by atoms with Gasteiger partial charge in [-0.3, -0.25) is 9.59 Å². The lowest BCUT2D eigenvalue weighted by Crippen LogP contribution is -2.56. The predicted molar refractivity (Wildman–Crippen MR) is 85.6 cm³/mol. The summed E-state index contributed by atoms with van der Waals surface area (Å²) in [5, 5.41) is 3.11. The number of halogens is 1. The van der Waals surface area contributed by atoms with Crippen LogP contribution in [0.15, 0.2) is 24.3 Å². The lowest BCUT2D eigenvalue weighted by molar-refractivity contribution is -0.143. The first-order chi connectivity index (χ1) is 11.6. The number of nitrogens with one attached hydrogen (secondary N) is 1. The summed E-state index contributed by atoms with van der Waals surface area (Å²) in [6.45, 7) is 3.55. The number of amides is 2. The molecule has 2 aliphatic rings. The summed E-state index contributed by atoms with van der Waals surface area (Å²) in [5.74, 6) is -0.507. The molecular formula is C17H22FN3O3. The molecule has 130 valence electrons. The Balaban J connectivity index is 1.60. The van der Waals surface area contributed by atoms with Gasteiger partial charge in [0.25, 0.3) is 0 Å². The van der Waals surface area contributed by atoms with E-state index in [1.807, 2.05) is 0 Å². The Bertz CT molecular complexity index is 604. The maximum absolute atomic E-state index is 13.8. The number of morpholine rings is 1. The molecule has 2 aliphatic heterocycles. The van der Waals surface area contributed by atoms with Gasteiger partial charge in [0.05, 0.1) is 25.7 Å². The second-order valence-corrected chi connectivity index (χ2v) is 6.06. The summed E-state index contributed by atoms with van der Waals surface area (Å²) in [7, 11) is 0. The van der Waals surface area contributed by atoms with Crippen molar-refractivity contribution in [3.8, 4) is 0 Å². The van der Waals surface area contributed by atoms with E-state index in [4.69, 9.17) is 4.74 Å². The number of hydrogen-bond acceptors (Lipinski definition) is 4. The van der Waals surface area contributed by atoms with E-state index in [2.05, 4.69) is 5.32 Å². The molecule has 0 aromatic heterocycles. The molecule has 2 heterocycles. The lowest BCUT2D eigenvalue weighted by Gasteiger charge is -2.34. The Morgan fingerprint density at radius 2 is 2.00 bits per heavy atom. The van der Waals surface area contributed by atoms with Crippen molar-refractivity contribution in [2.75, 3.05) is 39.4 Å². The van der Waals surface area contributed by atoms with Crippen molar-refractivity contribution in [2.45, 2.75) is 19.0 Å². The summed E-state index contributed by atoms with van der Waals surface area (Å²) in [6.07, 6.45) is 0.132. The van der Waals surface area contributed by atoms with Gasteiger partial charge in [-0.1, -0.05) is 18.2 Å². The first-order valence-corrected chi connectivity index (χ1v) is 8.26. The molecule has 0 bridgehead atoms. The fraction of sp³-hybridized carbons (Fsp3) is 0.529. The molecule has 0 saturated carbocycles. The fourth-order valence-electron chi connectivity index (χ4n) is 3.06.